The molecule has 204 valence electrons. The Labute approximate surface area is 220 Å². The first-order valence-corrected chi connectivity index (χ1v) is 11.3. The van der Waals surface area contributed by atoms with Crippen LogP contribution in [0.5, 0.6) is 0 Å². The summed E-state index contributed by atoms with van der Waals surface area (Å²) in [4.78, 5) is 33.2. The summed E-state index contributed by atoms with van der Waals surface area (Å²) in [5.41, 5.74) is 0.871. The average molecular weight is 542 g/mol. The molecule has 0 spiro atoms. The number of esters is 1. The maximum absolute atomic E-state index is 13.7. The number of carbonyl (C=O) groups excluding carboxylic acids is 1. The molecular weight excluding hydrogens is 518 g/mol. The molecule has 0 aliphatic carbocycles. The van der Waals surface area contributed by atoms with E-state index in [-0.39, 0.29) is 42.5 Å². The Balaban J connectivity index is 0.000000216. The molecule has 4 rings (SSSR count). The zero-order chi connectivity index (χ0) is 28.5. The van der Waals surface area contributed by atoms with Crippen molar-refractivity contribution < 1.29 is 42.9 Å². The minimum absolute atomic E-state index is 0.151. The van der Waals surface area contributed by atoms with E-state index in [1.54, 1.807) is 30.3 Å². The van der Waals surface area contributed by atoms with Crippen molar-refractivity contribution in [2.45, 2.75) is 19.7 Å². The monoisotopic (exact) mass is 542 g/mol. The van der Waals surface area contributed by atoms with Gasteiger partial charge in [0.25, 0.3) is 0 Å². The number of methoxy groups -OCH3 is 2. The van der Waals surface area contributed by atoms with Crippen LogP contribution in [0.25, 0.3) is 0 Å². The van der Waals surface area contributed by atoms with Gasteiger partial charge in [-0.1, -0.05) is 36.4 Å². The number of carbonyl (C=O) groups is 3. The largest absolute Gasteiger partial charge is 0.477 e. The van der Waals surface area contributed by atoms with Gasteiger partial charge in [-0.3, -0.25) is 9.36 Å². The number of hydrogen-bond acceptors (Lipinski definition) is 7. The first kappa shape index (κ1) is 28.7. The smallest absolute Gasteiger partial charge is 0.358 e. The molecule has 2 aromatic heterocycles. The molecule has 4 aromatic rings. The normalized spacial score (nSPS) is 10.5. The molecule has 0 aliphatic heterocycles. The predicted octanol–water partition coefficient (Wildman–Crippen LogP) is 3.47. The highest BCUT2D eigenvalue weighted by molar-refractivity contribution is 5.91. The highest BCUT2D eigenvalue weighted by Gasteiger charge is 2.19. The molecule has 11 nitrogen and oxygen atoms in total. The van der Waals surface area contributed by atoms with E-state index in [1.165, 1.54) is 43.2 Å². The zero-order valence-corrected chi connectivity index (χ0v) is 20.9. The van der Waals surface area contributed by atoms with Crippen molar-refractivity contribution in [1.82, 2.24) is 19.6 Å². The molecule has 0 bridgehead atoms. The van der Waals surface area contributed by atoms with E-state index in [0.29, 0.717) is 11.3 Å². The molecule has 0 radical (unpaired) electrons. The molecular formula is C26H24F2N4O7. The highest BCUT2D eigenvalue weighted by Crippen LogP contribution is 2.14. The molecule has 0 fully saturated rings. The lowest BCUT2D eigenvalue weighted by molar-refractivity contribution is 0.0591. The summed E-state index contributed by atoms with van der Waals surface area (Å²) in [5, 5.41) is 25.5. The number of aromatic carboxylic acids is 2. The van der Waals surface area contributed by atoms with Crippen LogP contribution in [-0.2, 0) is 29.2 Å². The summed E-state index contributed by atoms with van der Waals surface area (Å²) in [5.74, 6) is -4.02. The van der Waals surface area contributed by atoms with Gasteiger partial charge in [-0.15, -0.1) is 0 Å². The third kappa shape index (κ3) is 7.32. The first-order chi connectivity index (χ1) is 18.6. The Hall–Kier alpha value is -4.91. The van der Waals surface area contributed by atoms with Gasteiger partial charge in [-0.05, 0) is 18.2 Å². The van der Waals surface area contributed by atoms with Crippen molar-refractivity contribution >= 4 is 17.9 Å². The summed E-state index contributed by atoms with van der Waals surface area (Å²) in [7, 11) is 2.83. The lowest BCUT2D eigenvalue weighted by Crippen LogP contribution is -2.12. The quantitative estimate of drug-likeness (QED) is 0.304. The molecule has 0 saturated heterocycles. The van der Waals surface area contributed by atoms with E-state index in [0.717, 1.165) is 10.7 Å². The van der Waals surface area contributed by atoms with E-state index in [4.69, 9.17) is 14.9 Å². The third-order valence-electron chi connectivity index (χ3n) is 5.32. The topological polar surface area (TPSA) is 146 Å². The van der Waals surface area contributed by atoms with Crippen molar-refractivity contribution in [1.29, 1.82) is 0 Å². The predicted molar refractivity (Wildman–Crippen MR) is 131 cm³/mol. The molecule has 2 N–H and O–H groups in total. The summed E-state index contributed by atoms with van der Waals surface area (Å²) >= 11 is 0. The van der Waals surface area contributed by atoms with Gasteiger partial charge in [0.2, 0.25) is 0 Å². The van der Waals surface area contributed by atoms with Crippen molar-refractivity contribution in [2.24, 2.45) is 0 Å². The number of benzene rings is 2. The van der Waals surface area contributed by atoms with Crippen LogP contribution in [-0.4, -0.2) is 61.9 Å². The number of ether oxygens (including phenoxy) is 2. The van der Waals surface area contributed by atoms with Crippen LogP contribution in [0.3, 0.4) is 0 Å². The highest BCUT2D eigenvalue weighted by atomic mass is 19.1. The molecule has 2 aromatic carbocycles. The maximum Gasteiger partial charge on any atom is 0.358 e. The van der Waals surface area contributed by atoms with Gasteiger partial charge in [-0.25, -0.2) is 23.2 Å². The number of hydrogen-bond donors (Lipinski definition) is 2. The number of rotatable bonds is 9. The number of carboxylic acid groups (broad SMARTS) is 2. The van der Waals surface area contributed by atoms with Crippen molar-refractivity contribution in [3.05, 3.63) is 106 Å². The summed E-state index contributed by atoms with van der Waals surface area (Å²) in [6.07, 6.45) is 0. The molecule has 0 saturated carbocycles. The van der Waals surface area contributed by atoms with Gasteiger partial charge in [0.15, 0.2) is 11.4 Å². The van der Waals surface area contributed by atoms with Gasteiger partial charge in [0.1, 0.15) is 17.3 Å². The van der Waals surface area contributed by atoms with E-state index in [9.17, 15) is 23.2 Å². The fourth-order valence-electron chi connectivity index (χ4n) is 3.45. The van der Waals surface area contributed by atoms with Crippen LogP contribution < -0.4 is 0 Å². The Morgan fingerprint density at radius 3 is 1.82 bits per heavy atom. The van der Waals surface area contributed by atoms with Gasteiger partial charge >= 0.3 is 17.9 Å². The second-order valence-corrected chi connectivity index (χ2v) is 7.97. The Morgan fingerprint density at radius 2 is 1.33 bits per heavy atom. The number of carboxylic acids is 2. The summed E-state index contributed by atoms with van der Waals surface area (Å²) < 4.78 is 39.3. The van der Waals surface area contributed by atoms with Crippen LogP contribution in [0.2, 0.25) is 0 Å². The molecule has 39 heavy (non-hydrogen) atoms. The first-order valence-electron chi connectivity index (χ1n) is 11.3. The molecule has 2 heterocycles. The Morgan fingerprint density at radius 1 is 0.795 bits per heavy atom. The van der Waals surface area contributed by atoms with Crippen molar-refractivity contribution in [2.75, 3.05) is 14.2 Å². The van der Waals surface area contributed by atoms with E-state index in [1.807, 2.05) is 0 Å². The molecule has 0 unspecified atom stereocenters. The zero-order valence-electron chi connectivity index (χ0n) is 20.9. The molecule has 0 amide bonds. The van der Waals surface area contributed by atoms with Crippen LogP contribution in [0, 0.1) is 11.6 Å². The van der Waals surface area contributed by atoms with Gasteiger partial charge in [0, 0.05) is 24.3 Å². The van der Waals surface area contributed by atoms with Gasteiger partial charge in [-0.2, -0.15) is 10.2 Å². The molecule has 13 heteroatoms. The van der Waals surface area contributed by atoms with Crippen molar-refractivity contribution in [3.63, 3.8) is 0 Å². The lowest BCUT2D eigenvalue weighted by Gasteiger charge is -2.07. The second-order valence-electron chi connectivity index (χ2n) is 7.97. The standard InChI is InChI=1S/C14H15FN2O3.C12H9FN2O4/c1-19-9-11-7-13(14(18)20-2)16-17(11)8-10-5-3-4-6-12(10)15;13-8-4-2-1-3-7(8)6-15-10(12(18)19)5-9(14-15)11(16)17/h3-7H,8-9H2,1-2H3;1-5H,6H2,(H,16,17)(H,18,19). The fourth-order valence-corrected chi connectivity index (χ4v) is 3.45. The van der Waals surface area contributed by atoms with E-state index < -0.39 is 29.4 Å². The summed E-state index contributed by atoms with van der Waals surface area (Å²) in [6.45, 7) is 0.350. The number of aromatic nitrogens is 4. The molecule has 0 aliphatic rings. The lowest BCUT2D eigenvalue weighted by atomic mass is 10.2. The van der Waals surface area contributed by atoms with Crippen LogP contribution in [0.15, 0.2) is 60.7 Å². The minimum Gasteiger partial charge on any atom is -0.477 e. The maximum atomic E-state index is 13.7. The van der Waals surface area contributed by atoms with Crippen LogP contribution in [0.1, 0.15) is 48.3 Å². The van der Waals surface area contributed by atoms with Gasteiger partial charge < -0.3 is 19.7 Å². The second kappa shape index (κ2) is 13.1. The Kier molecular flexibility index (Phi) is 9.59. The molecule has 0 atom stereocenters. The van der Waals surface area contributed by atoms with Crippen molar-refractivity contribution in [3.8, 4) is 0 Å². The summed E-state index contributed by atoms with van der Waals surface area (Å²) in [6, 6.07) is 14.8. The third-order valence-corrected chi connectivity index (χ3v) is 5.32. The average Bonchev–Trinajstić information content (AvgIpc) is 3.52. The SMILES string of the molecule is COCc1cc(C(=O)OC)nn1Cc1ccccc1F.O=C(O)c1cc(C(=O)O)n(Cc2ccccc2F)n1. The van der Waals surface area contributed by atoms with Gasteiger partial charge in [0.05, 0.1) is 32.5 Å². The fraction of sp³-hybridized carbons (Fsp3) is 0.192. The minimum atomic E-state index is -1.34. The van der Waals surface area contributed by atoms with Crippen LogP contribution >= 0.6 is 0 Å². The number of halogens is 2. The van der Waals surface area contributed by atoms with E-state index in [2.05, 4.69) is 14.9 Å². The number of nitrogens with zero attached hydrogens (tertiary/aromatic N) is 4. The Bertz CT molecular complexity index is 1480. The van der Waals surface area contributed by atoms with Crippen LogP contribution in [0.4, 0.5) is 8.78 Å². The van der Waals surface area contributed by atoms with E-state index >= 15 is 0 Å².